The average Bonchev–Trinajstić information content (AvgIpc) is 3.31. The number of halogens is 3. The quantitative estimate of drug-likeness (QED) is 0.323. The van der Waals surface area contributed by atoms with Crippen LogP contribution in [-0.2, 0) is 11.3 Å². The molecule has 0 radical (unpaired) electrons. The Hall–Kier alpha value is -3.02. The van der Waals surface area contributed by atoms with Crippen LogP contribution in [0.5, 0.6) is 0 Å². The first-order chi connectivity index (χ1) is 18.0. The number of nitrogens with zero attached hydrogens (tertiary/aromatic N) is 2. The Kier molecular flexibility index (Phi) is 8.69. The van der Waals surface area contributed by atoms with E-state index in [0.717, 1.165) is 28.7 Å². The second kappa shape index (κ2) is 11.8. The minimum Gasteiger partial charge on any atom is -0.444 e. The maximum absolute atomic E-state index is 15.0. The summed E-state index contributed by atoms with van der Waals surface area (Å²) < 4.78 is 35.5. The molecule has 7 nitrogen and oxygen atoms in total. The van der Waals surface area contributed by atoms with Gasteiger partial charge in [-0.15, -0.1) is 11.3 Å². The average molecular weight is 608 g/mol. The third kappa shape index (κ3) is 7.30. The highest BCUT2D eigenvalue weighted by Gasteiger charge is 2.25. The number of benzene rings is 2. The van der Waals surface area contributed by atoms with Gasteiger partial charge in [0.1, 0.15) is 17.1 Å². The highest BCUT2D eigenvalue weighted by molar-refractivity contribution is 9.10. The van der Waals surface area contributed by atoms with E-state index >= 15 is 0 Å². The largest absolute Gasteiger partial charge is 0.444 e. The maximum Gasteiger partial charge on any atom is 0.412 e. The first-order valence-electron chi connectivity index (χ1n) is 12.1. The van der Waals surface area contributed by atoms with Crippen LogP contribution >= 0.6 is 27.3 Å². The molecular formula is C27H29BrF2N4O3S. The van der Waals surface area contributed by atoms with Crippen molar-refractivity contribution in [1.82, 2.24) is 9.80 Å². The number of urea groups is 1. The van der Waals surface area contributed by atoms with Gasteiger partial charge in [0.25, 0.3) is 0 Å². The maximum atomic E-state index is 15.0. The molecule has 1 aliphatic rings. The van der Waals surface area contributed by atoms with Crippen molar-refractivity contribution in [2.24, 2.45) is 0 Å². The molecule has 2 N–H and O–H groups in total. The van der Waals surface area contributed by atoms with Gasteiger partial charge in [0.15, 0.2) is 5.82 Å². The SMILES string of the molecule is CC(C)(C)OC(=O)Nc1ccc(F)c(NC(=O)N2CCN(Cc3ccc(-c4cccc(Br)c4)s3)CC2)c1F. The summed E-state index contributed by atoms with van der Waals surface area (Å²) in [6, 6.07) is 13.8. The van der Waals surface area contributed by atoms with Crippen LogP contribution in [-0.4, -0.2) is 53.7 Å². The molecular weight excluding hydrogens is 578 g/mol. The Morgan fingerprint density at radius 1 is 1.03 bits per heavy atom. The molecule has 1 aromatic heterocycles. The first-order valence-corrected chi connectivity index (χ1v) is 13.7. The molecule has 0 unspecified atom stereocenters. The fourth-order valence-corrected chi connectivity index (χ4v) is 5.40. The van der Waals surface area contributed by atoms with Gasteiger partial charge in [0.05, 0.1) is 5.69 Å². The Labute approximate surface area is 232 Å². The van der Waals surface area contributed by atoms with E-state index in [-0.39, 0.29) is 5.69 Å². The molecule has 202 valence electrons. The van der Waals surface area contributed by atoms with E-state index in [1.807, 2.05) is 12.1 Å². The predicted octanol–water partition coefficient (Wildman–Crippen LogP) is 7.15. The molecule has 2 heterocycles. The molecule has 0 atom stereocenters. The highest BCUT2D eigenvalue weighted by Crippen LogP contribution is 2.31. The van der Waals surface area contributed by atoms with Crippen LogP contribution in [0, 0.1) is 11.6 Å². The summed E-state index contributed by atoms with van der Waals surface area (Å²) in [5, 5.41) is 4.58. The van der Waals surface area contributed by atoms with E-state index in [1.165, 1.54) is 14.7 Å². The molecule has 4 rings (SSSR count). The fourth-order valence-electron chi connectivity index (χ4n) is 3.95. The van der Waals surface area contributed by atoms with E-state index in [4.69, 9.17) is 4.74 Å². The van der Waals surface area contributed by atoms with Crippen LogP contribution in [0.4, 0.5) is 29.7 Å². The number of hydrogen-bond acceptors (Lipinski definition) is 5. The molecule has 3 aromatic rings. The van der Waals surface area contributed by atoms with Gasteiger partial charge in [-0.3, -0.25) is 10.2 Å². The summed E-state index contributed by atoms with van der Waals surface area (Å²) in [5.41, 5.74) is -0.546. The zero-order valence-electron chi connectivity index (χ0n) is 21.3. The normalized spacial score (nSPS) is 14.3. The number of carbonyl (C=O) groups excluding carboxylic acids is 2. The third-order valence-electron chi connectivity index (χ3n) is 5.77. The molecule has 0 saturated carbocycles. The Bertz CT molecular complexity index is 1320. The topological polar surface area (TPSA) is 73.9 Å². The molecule has 11 heteroatoms. The lowest BCUT2D eigenvalue weighted by Crippen LogP contribution is -2.49. The van der Waals surface area contributed by atoms with Crippen molar-refractivity contribution >= 4 is 50.8 Å². The summed E-state index contributed by atoms with van der Waals surface area (Å²) in [4.78, 5) is 31.0. The van der Waals surface area contributed by atoms with Gasteiger partial charge >= 0.3 is 12.1 Å². The molecule has 0 aliphatic carbocycles. The van der Waals surface area contributed by atoms with Gasteiger partial charge in [-0.1, -0.05) is 28.1 Å². The van der Waals surface area contributed by atoms with Crippen LogP contribution in [0.3, 0.4) is 0 Å². The van der Waals surface area contributed by atoms with Crippen LogP contribution < -0.4 is 10.6 Å². The number of rotatable bonds is 5. The van der Waals surface area contributed by atoms with Crippen molar-refractivity contribution in [1.29, 1.82) is 0 Å². The van der Waals surface area contributed by atoms with Crippen molar-refractivity contribution < 1.29 is 23.1 Å². The summed E-state index contributed by atoms with van der Waals surface area (Å²) >= 11 is 5.24. The summed E-state index contributed by atoms with van der Waals surface area (Å²) in [5.74, 6) is -2.02. The number of nitrogens with one attached hydrogen (secondary N) is 2. The van der Waals surface area contributed by atoms with Crippen LogP contribution in [0.2, 0.25) is 0 Å². The summed E-state index contributed by atoms with van der Waals surface area (Å²) in [6.07, 6.45) is -0.883. The molecule has 1 fully saturated rings. The van der Waals surface area contributed by atoms with Gasteiger partial charge in [-0.05, 0) is 62.7 Å². The molecule has 1 aliphatic heterocycles. The van der Waals surface area contributed by atoms with Crippen LogP contribution in [0.15, 0.2) is 53.0 Å². The number of ether oxygens (including phenoxy) is 1. The summed E-state index contributed by atoms with van der Waals surface area (Å²) in [7, 11) is 0. The zero-order valence-corrected chi connectivity index (χ0v) is 23.7. The number of hydrogen-bond donors (Lipinski definition) is 2. The molecule has 1 saturated heterocycles. The minimum absolute atomic E-state index is 0.293. The van der Waals surface area contributed by atoms with Crippen LogP contribution in [0.25, 0.3) is 10.4 Å². The second-order valence-corrected chi connectivity index (χ2v) is 12.0. The highest BCUT2D eigenvalue weighted by atomic mass is 79.9. The Morgan fingerprint density at radius 3 is 2.45 bits per heavy atom. The molecule has 38 heavy (non-hydrogen) atoms. The minimum atomic E-state index is -1.08. The van der Waals surface area contributed by atoms with Gasteiger partial charge in [-0.2, -0.15) is 0 Å². The van der Waals surface area contributed by atoms with E-state index in [9.17, 15) is 18.4 Å². The zero-order chi connectivity index (χ0) is 27.4. The fraction of sp³-hybridized carbons (Fsp3) is 0.333. The van der Waals surface area contributed by atoms with Gasteiger partial charge in [0.2, 0.25) is 0 Å². The van der Waals surface area contributed by atoms with Gasteiger partial charge < -0.3 is 15.0 Å². The van der Waals surface area contributed by atoms with E-state index in [1.54, 1.807) is 32.1 Å². The lowest BCUT2D eigenvalue weighted by atomic mass is 10.2. The van der Waals surface area contributed by atoms with E-state index < -0.39 is 35.0 Å². The molecule has 3 amide bonds. The molecule has 0 spiro atoms. The standard InChI is InChI=1S/C27H29BrF2N4O3S/c1-27(2,3)37-26(36)31-21-9-8-20(29)24(23(21)30)32-25(35)34-13-11-33(12-14-34)16-19-7-10-22(38-19)17-5-4-6-18(28)15-17/h4-10,15H,11-14,16H2,1-3H3,(H,31,36)(H,32,35). The van der Waals surface area contributed by atoms with Crippen molar-refractivity contribution in [3.8, 4) is 10.4 Å². The second-order valence-electron chi connectivity index (χ2n) is 9.88. The first kappa shape index (κ1) is 28.0. The van der Waals surface area contributed by atoms with Crippen molar-refractivity contribution in [2.75, 3.05) is 36.8 Å². The van der Waals surface area contributed by atoms with Crippen molar-refractivity contribution in [2.45, 2.75) is 32.9 Å². The summed E-state index contributed by atoms with van der Waals surface area (Å²) in [6.45, 7) is 7.84. The number of thiophene rings is 1. The van der Waals surface area contributed by atoms with Crippen molar-refractivity contribution in [3.63, 3.8) is 0 Å². The number of piperazine rings is 1. The third-order valence-corrected chi connectivity index (χ3v) is 7.38. The van der Waals surface area contributed by atoms with Crippen LogP contribution in [0.1, 0.15) is 25.6 Å². The predicted molar refractivity (Wildman–Crippen MR) is 150 cm³/mol. The van der Waals surface area contributed by atoms with Crippen molar-refractivity contribution in [3.05, 3.63) is 69.5 Å². The lowest BCUT2D eigenvalue weighted by molar-refractivity contribution is 0.0635. The molecule has 2 aromatic carbocycles. The van der Waals surface area contributed by atoms with Gasteiger partial charge in [0, 0.05) is 47.0 Å². The van der Waals surface area contributed by atoms with Gasteiger partial charge in [-0.25, -0.2) is 18.4 Å². The Balaban J connectivity index is 1.32. The lowest BCUT2D eigenvalue weighted by Gasteiger charge is -2.34. The number of anilines is 2. The smallest absolute Gasteiger partial charge is 0.412 e. The van der Waals surface area contributed by atoms with E-state index in [2.05, 4.69) is 55.7 Å². The number of amides is 3. The van der Waals surface area contributed by atoms with E-state index in [0.29, 0.717) is 26.2 Å². The number of carbonyl (C=O) groups is 2. The monoisotopic (exact) mass is 606 g/mol. The Morgan fingerprint density at radius 2 is 1.76 bits per heavy atom. The molecule has 0 bridgehead atoms.